The number of rotatable bonds is 2. The van der Waals surface area contributed by atoms with Crippen LogP contribution in [0.5, 0.6) is 0 Å². The Kier molecular flexibility index (Phi) is 2.49. The van der Waals surface area contributed by atoms with Gasteiger partial charge in [0.2, 0.25) is 0 Å². The molecule has 0 spiro atoms. The highest BCUT2D eigenvalue weighted by atomic mass is 35.5. The van der Waals surface area contributed by atoms with Crippen LogP contribution in [0.4, 0.5) is 0 Å². The molecule has 90 valence electrons. The van der Waals surface area contributed by atoms with Gasteiger partial charge in [-0.3, -0.25) is 4.79 Å². The number of aryl methyl sites for hydroxylation is 1. The minimum absolute atomic E-state index is 0.0447. The molecule has 0 aliphatic rings. The topological polar surface area (TPSA) is 35.1 Å². The molecule has 0 bridgehead atoms. The van der Waals surface area contributed by atoms with Gasteiger partial charge in [-0.25, -0.2) is 0 Å². The Morgan fingerprint density at radius 2 is 2.17 bits per heavy atom. The molecule has 0 unspecified atom stereocenters. The molecular weight excluding hydrogens is 250 g/mol. The average Bonchev–Trinajstić information content (AvgIpc) is 2.97. The van der Waals surface area contributed by atoms with Crippen LogP contribution in [0.3, 0.4) is 0 Å². The monoisotopic (exact) mass is 259 g/mol. The van der Waals surface area contributed by atoms with Crippen molar-refractivity contribution in [1.29, 1.82) is 0 Å². The minimum atomic E-state index is -0.0447. The summed E-state index contributed by atoms with van der Waals surface area (Å²) in [7, 11) is 1.89. The maximum atomic E-state index is 12.3. The summed E-state index contributed by atoms with van der Waals surface area (Å²) >= 11 is 5.97. The van der Waals surface area contributed by atoms with Crippen molar-refractivity contribution in [3.05, 3.63) is 59.1 Å². The van der Waals surface area contributed by atoms with Crippen molar-refractivity contribution in [3.8, 4) is 0 Å². The third-order valence-electron chi connectivity index (χ3n) is 2.98. The zero-order valence-corrected chi connectivity index (χ0v) is 10.4. The summed E-state index contributed by atoms with van der Waals surface area (Å²) in [6.45, 7) is 0. The van der Waals surface area contributed by atoms with E-state index in [1.54, 1.807) is 12.1 Å². The molecule has 2 heterocycles. The van der Waals surface area contributed by atoms with Gasteiger partial charge in [0.1, 0.15) is 6.26 Å². The Morgan fingerprint density at radius 1 is 1.33 bits per heavy atom. The molecule has 0 aliphatic carbocycles. The average molecular weight is 260 g/mol. The van der Waals surface area contributed by atoms with Gasteiger partial charge in [0, 0.05) is 34.7 Å². The lowest BCUT2D eigenvalue weighted by atomic mass is 10.1. The highest BCUT2D eigenvalue weighted by molar-refractivity contribution is 6.31. The molecule has 0 radical (unpaired) electrons. The maximum Gasteiger partial charge on any atom is 0.198 e. The van der Waals surface area contributed by atoms with Gasteiger partial charge < -0.3 is 8.98 Å². The molecule has 3 rings (SSSR count). The Labute approximate surface area is 109 Å². The third-order valence-corrected chi connectivity index (χ3v) is 3.22. The van der Waals surface area contributed by atoms with Crippen molar-refractivity contribution in [3.63, 3.8) is 0 Å². The van der Waals surface area contributed by atoms with Gasteiger partial charge >= 0.3 is 0 Å². The lowest BCUT2D eigenvalue weighted by Crippen LogP contribution is -1.98. The van der Waals surface area contributed by atoms with E-state index >= 15 is 0 Å². The van der Waals surface area contributed by atoms with Crippen LogP contribution in [0.25, 0.3) is 10.9 Å². The number of carbonyl (C=O) groups excluding carboxylic acids is 1. The zero-order valence-electron chi connectivity index (χ0n) is 9.68. The van der Waals surface area contributed by atoms with Crippen LogP contribution < -0.4 is 0 Å². The number of hydrogen-bond donors (Lipinski definition) is 0. The third kappa shape index (κ3) is 1.64. The van der Waals surface area contributed by atoms with Crippen LogP contribution in [0.2, 0.25) is 5.02 Å². The summed E-state index contributed by atoms with van der Waals surface area (Å²) in [5.74, 6) is -0.0447. The lowest BCUT2D eigenvalue weighted by molar-refractivity contribution is 0.103. The van der Waals surface area contributed by atoms with Gasteiger partial charge in [-0.15, -0.1) is 0 Å². The Morgan fingerprint density at radius 3 is 2.89 bits per heavy atom. The number of furan rings is 1. The predicted octanol–water partition coefficient (Wildman–Crippen LogP) is 3.66. The Hall–Kier alpha value is -2.00. The van der Waals surface area contributed by atoms with Gasteiger partial charge in [-0.2, -0.15) is 0 Å². The van der Waals surface area contributed by atoms with E-state index < -0.39 is 0 Å². The lowest BCUT2D eigenvalue weighted by Gasteiger charge is -1.97. The van der Waals surface area contributed by atoms with Crippen molar-refractivity contribution < 1.29 is 9.21 Å². The number of hydrogen-bond acceptors (Lipinski definition) is 2. The fraction of sp³-hybridized carbons (Fsp3) is 0.0714. The molecule has 4 heteroatoms. The van der Waals surface area contributed by atoms with E-state index in [1.165, 1.54) is 12.5 Å². The van der Waals surface area contributed by atoms with E-state index in [9.17, 15) is 4.79 Å². The predicted molar refractivity (Wildman–Crippen MR) is 70.1 cm³/mol. The SMILES string of the molecule is Cn1cc(C(=O)c2ccoc2)c2ccc(Cl)cc21. The molecule has 3 nitrogen and oxygen atoms in total. The number of nitrogens with zero attached hydrogens (tertiary/aromatic N) is 1. The first-order chi connectivity index (χ1) is 8.66. The standard InChI is InChI=1S/C14H10ClNO2/c1-16-7-12(14(17)9-4-5-18-8-9)11-3-2-10(15)6-13(11)16/h2-8H,1H3. The summed E-state index contributed by atoms with van der Waals surface area (Å²) in [5, 5.41) is 1.55. The van der Waals surface area contributed by atoms with Crippen LogP contribution in [-0.4, -0.2) is 10.4 Å². The second-order valence-corrected chi connectivity index (χ2v) is 4.59. The van der Waals surface area contributed by atoms with E-state index in [0.29, 0.717) is 16.1 Å². The van der Waals surface area contributed by atoms with Crippen molar-refractivity contribution >= 4 is 28.3 Å². The van der Waals surface area contributed by atoms with E-state index in [0.717, 1.165) is 10.9 Å². The van der Waals surface area contributed by atoms with Crippen LogP contribution >= 0.6 is 11.6 Å². The van der Waals surface area contributed by atoms with Gasteiger partial charge in [0.05, 0.1) is 11.8 Å². The first-order valence-corrected chi connectivity index (χ1v) is 5.86. The molecule has 1 aromatic carbocycles. The van der Waals surface area contributed by atoms with Gasteiger partial charge in [-0.05, 0) is 18.2 Å². The highest BCUT2D eigenvalue weighted by Crippen LogP contribution is 2.26. The van der Waals surface area contributed by atoms with Gasteiger partial charge in [0.25, 0.3) is 0 Å². The molecule has 0 fully saturated rings. The largest absolute Gasteiger partial charge is 0.472 e. The molecule has 0 atom stereocenters. The molecule has 0 N–H and O–H groups in total. The second kappa shape index (κ2) is 4.03. The van der Waals surface area contributed by atoms with Crippen molar-refractivity contribution in [2.24, 2.45) is 7.05 Å². The number of carbonyl (C=O) groups is 1. The van der Waals surface area contributed by atoms with Gasteiger partial charge in [-0.1, -0.05) is 17.7 Å². The number of aromatic nitrogens is 1. The molecule has 2 aromatic heterocycles. The van der Waals surface area contributed by atoms with Crippen molar-refractivity contribution in [2.75, 3.05) is 0 Å². The van der Waals surface area contributed by atoms with E-state index in [-0.39, 0.29) is 5.78 Å². The highest BCUT2D eigenvalue weighted by Gasteiger charge is 2.16. The summed E-state index contributed by atoms with van der Waals surface area (Å²) in [6.07, 6.45) is 4.77. The van der Waals surface area contributed by atoms with Crippen molar-refractivity contribution in [2.45, 2.75) is 0 Å². The molecule has 3 aromatic rings. The number of fused-ring (bicyclic) bond motifs is 1. The van der Waals surface area contributed by atoms with Crippen LogP contribution in [-0.2, 0) is 7.05 Å². The van der Waals surface area contributed by atoms with Crippen LogP contribution in [0.1, 0.15) is 15.9 Å². The van der Waals surface area contributed by atoms with Crippen LogP contribution in [0.15, 0.2) is 47.4 Å². The quantitative estimate of drug-likeness (QED) is 0.659. The summed E-state index contributed by atoms with van der Waals surface area (Å²) in [4.78, 5) is 12.3. The summed E-state index contributed by atoms with van der Waals surface area (Å²) in [6, 6.07) is 7.17. The fourth-order valence-electron chi connectivity index (χ4n) is 2.09. The van der Waals surface area contributed by atoms with E-state index in [2.05, 4.69) is 0 Å². The van der Waals surface area contributed by atoms with E-state index in [1.807, 2.05) is 29.9 Å². The maximum absolute atomic E-state index is 12.3. The molecule has 0 aliphatic heterocycles. The zero-order chi connectivity index (χ0) is 12.7. The molecule has 18 heavy (non-hydrogen) atoms. The van der Waals surface area contributed by atoms with Crippen LogP contribution in [0, 0.1) is 0 Å². The molecule has 0 saturated heterocycles. The first-order valence-electron chi connectivity index (χ1n) is 5.48. The second-order valence-electron chi connectivity index (χ2n) is 4.16. The fourth-order valence-corrected chi connectivity index (χ4v) is 2.25. The molecule has 0 saturated carbocycles. The van der Waals surface area contributed by atoms with Crippen molar-refractivity contribution in [1.82, 2.24) is 4.57 Å². The summed E-state index contributed by atoms with van der Waals surface area (Å²) in [5.41, 5.74) is 2.15. The van der Waals surface area contributed by atoms with Gasteiger partial charge in [0.15, 0.2) is 5.78 Å². The number of halogens is 1. The Bertz CT molecular complexity index is 726. The minimum Gasteiger partial charge on any atom is -0.472 e. The molecular formula is C14H10ClNO2. The number of ketones is 1. The smallest absolute Gasteiger partial charge is 0.198 e. The Balaban J connectivity index is 2.22. The normalized spacial score (nSPS) is 11.0. The number of benzene rings is 1. The summed E-state index contributed by atoms with van der Waals surface area (Å²) < 4.78 is 6.84. The first kappa shape index (κ1) is 11.1. The van der Waals surface area contributed by atoms with E-state index in [4.69, 9.17) is 16.0 Å². The molecule has 0 amide bonds.